The molecule has 0 spiro atoms. The SMILES string of the molecule is CCCCCC(C)NC1CC2CC=CC21. The first-order chi connectivity index (χ1) is 7.31. The van der Waals surface area contributed by atoms with Crippen LogP contribution in [0.3, 0.4) is 0 Å². The molecule has 2 rings (SSSR count). The Hall–Kier alpha value is -0.300. The van der Waals surface area contributed by atoms with E-state index in [1.807, 2.05) is 0 Å². The van der Waals surface area contributed by atoms with Gasteiger partial charge in [0.05, 0.1) is 0 Å². The number of rotatable bonds is 6. The van der Waals surface area contributed by atoms with Crippen LogP contribution in [0.25, 0.3) is 0 Å². The summed E-state index contributed by atoms with van der Waals surface area (Å²) in [6.07, 6.45) is 13.0. The third kappa shape index (κ3) is 2.63. The minimum absolute atomic E-state index is 0.719. The quantitative estimate of drug-likeness (QED) is 0.519. The zero-order valence-electron chi connectivity index (χ0n) is 10.2. The largest absolute Gasteiger partial charge is 0.311 e. The Morgan fingerprint density at radius 2 is 2.27 bits per heavy atom. The first-order valence-electron chi connectivity index (χ1n) is 6.74. The van der Waals surface area contributed by atoms with Crippen LogP contribution >= 0.6 is 0 Å². The number of unbranched alkanes of at least 4 members (excludes halogenated alkanes) is 2. The average molecular weight is 207 g/mol. The first-order valence-corrected chi connectivity index (χ1v) is 6.74. The predicted octanol–water partition coefficient (Wildman–Crippen LogP) is 3.51. The van der Waals surface area contributed by atoms with E-state index in [0.717, 1.165) is 23.9 Å². The topological polar surface area (TPSA) is 12.0 Å². The van der Waals surface area contributed by atoms with Gasteiger partial charge in [-0.15, -0.1) is 0 Å². The molecule has 0 saturated heterocycles. The summed E-state index contributed by atoms with van der Waals surface area (Å²) >= 11 is 0. The Kier molecular flexibility index (Phi) is 3.85. The summed E-state index contributed by atoms with van der Waals surface area (Å²) < 4.78 is 0. The Bertz CT molecular complexity index is 221. The third-order valence-corrected chi connectivity index (χ3v) is 4.10. The second kappa shape index (κ2) is 5.16. The van der Waals surface area contributed by atoms with Gasteiger partial charge in [-0.1, -0.05) is 38.3 Å². The molecule has 1 saturated carbocycles. The lowest BCUT2D eigenvalue weighted by molar-refractivity contribution is 0.150. The maximum Gasteiger partial charge on any atom is 0.0138 e. The van der Waals surface area contributed by atoms with E-state index in [-0.39, 0.29) is 0 Å². The maximum absolute atomic E-state index is 3.80. The predicted molar refractivity (Wildman–Crippen MR) is 65.9 cm³/mol. The maximum atomic E-state index is 3.80. The molecule has 0 bridgehead atoms. The average Bonchev–Trinajstić information content (AvgIpc) is 2.57. The van der Waals surface area contributed by atoms with Gasteiger partial charge in [-0.3, -0.25) is 0 Å². The lowest BCUT2D eigenvalue weighted by atomic mass is 9.71. The molecule has 4 atom stereocenters. The Labute approximate surface area is 94.3 Å². The van der Waals surface area contributed by atoms with Gasteiger partial charge in [0.1, 0.15) is 0 Å². The van der Waals surface area contributed by atoms with E-state index in [1.165, 1.54) is 38.5 Å². The fraction of sp³-hybridized carbons (Fsp3) is 0.857. The highest BCUT2D eigenvalue weighted by Crippen LogP contribution is 2.42. The van der Waals surface area contributed by atoms with Gasteiger partial charge in [-0.05, 0) is 38.0 Å². The fourth-order valence-corrected chi connectivity index (χ4v) is 3.06. The van der Waals surface area contributed by atoms with E-state index in [2.05, 4.69) is 31.3 Å². The van der Waals surface area contributed by atoms with Crippen LogP contribution in [0.2, 0.25) is 0 Å². The van der Waals surface area contributed by atoms with Crippen molar-refractivity contribution in [3.8, 4) is 0 Å². The van der Waals surface area contributed by atoms with Gasteiger partial charge in [0.25, 0.3) is 0 Å². The van der Waals surface area contributed by atoms with Gasteiger partial charge < -0.3 is 5.32 Å². The number of fused-ring (bicyclic) bond motifs is 1. The van der Waals surface area contributed by atoms with Gasteiger partial charge in [0.2, 0.25) is 0 Å². The van der Waals surface area contributed by atoms with E-state index in [4.69, 9.17) is 0 Å². The Morgan fingerprint density at radius 1 is 1.40 bits per heavy atom. The molecular formula is C14H25N. The summed E-state index contributed by atoms with van der Waals surface area (Å²) in [7, 11) is 0. The van der Waals surface area contributed by atoms with E-state index in [0.29, 0.717) is 0 Å². The van der Waals surface area contributed by atoms with Crippen LogP contribution < -0.4 is 5.32 Å². The second-order valence-corrected chi connectivity index (χ2v) is 5.41. The van der Waals surface area contributed by atoms with Crippen molar-refractivity contribution >= 4 is 0 Å². The van der Waals surface area contributed by atoms with Crippen molar-refractivity contribution in [1.82, 2.24) is 5.32 Å². The summed E-state index contributed by atoms with van der Waals surface area (Å²) in [5.74, 6) is 1.86. The highest BCUT2D eigenvalue weighted by molar-refractivity contribution is 5.13. The summed E-state index contributed by atoms with van der Waals surface area (Å²) in [6.45, 7) is 4.62. The van der Waals surface area contributed by atoms with Crippen molar-refractivity contribution in [3.63, 3.8) is 0 Å². The molecule has 2 aliphatic carbocycles. The van der Waals surface area contributed by atoms with Crippen molar-refractivity contribution in [1.29, 1.82) is 0 Å². The van der Waals surface area contributed by atoms with E-state index < -0.39 is 0 Å². The molecule has 1 N–H and O–H groups in total. The molecule has 0 aromatic heterocycles. The molecule has 0 amide bonds. The number of hydrogen-bond donors (Lipinski definition) is 1. The van der Waals surface area contributed by atoms with Gasteiger partial charge in [0, 0.05) is 12.1 Å². The molecule has 1 heteroatoms. The highest BCUT2D eigenvalue weighted by atomic mass is 15.0. The Morgan fingerprint density at radius 3 is 3.00 bits per heavy atom. The van der Waals surface area contributed by atoms with E-state index in [9.17, 15) is 0 Å². The third-order valence-electron chi connectivity index (χ3n) is 4.10. The van der Waals surface area contributed by atoms with E-state index >= 15 is 0 Å². The molecule has 0 aliphatic heterocycles. The molecule has 0 heterocycles. The van der Waals surface area contributed by atoms with Crippen LogP contribution in [-0.2, 0) is 0 Å². The molecule has 4 unspecified atom stereocenters. The summed E-state index contributed by atoms with van der Waals surface area (Å²) in [4.78, 5) is 0. The molecule has 0 radical (unpaired) electrons. The normalized spacial score (nSPS) is 34.9. The van der Waals surface area contributed by atoms with Crippen LogP contribution in [0, 0.1) is 11.8 Å². The minimum Gasteiger partial charge on any atom is -0.311 e. The van der Waals surface area contributed by atoms with Gasteiger partial charge in [0.15, 0.2) is 0 Å². The van der Waals surface area contributed by atoms with Crippen molar-refractivity contribution in [2.75, 3.05) is 0 Å². The molecule has 0 aromatic carbocycles. The van der Waals surface area contributed by atoms with E-state index in [1.54, 1.807) is 0 Å². The van der Waals surface area contributed by atoms with Crippen molar-refractivity contribution in [2.45, 2.75) is 64.5 Å². The van der Waals surface area contributed by atoms with Crippen LogP contribution in [0.1, 0.15) is 52.4 Å². The van der Waals surface area contributed by atoms with Gasteiger partial charge in [-0.25, -0.2) is 0 Å². The summed E-state index contributed by atoms with van der Waals surface area (Å²) in [5, 5.41) is 3.80. The molecule has 1 fully saturated rings. The van der Waals surface area contributed by atoms with Crippen LogP contribution in [0.15, 0.2) is 12.2 Å². The van der Waals surface area contributed by atoms with Crippen molar-refractivity contribution in [2.24, 2.45) is 11.8 Å². The molecular weight excluding hydrogens is 182 g/mol. The Balaban J connectivity index is 1.62. The smallest absolute Gasteiger partial charge is 0.0138 e. The monoisotopic (exact) mass is 207 g/mol. The van der Waals surface area contributed by atoms with Gasteiger partial charge >= 0.3 is 0 Å². The van der Waals surface area contributed by atoms with Crippen molar-refractivity contribution < 1.29 is 0 Å². The second-order valence-electron chi connectivity index (χ2n) is 5.41. The number of hydrogen-bond acceptors (Lipinski definition) is 1. The lowest BCUT2D eigenvalue weighted by Crippen LogP contribution is -2.51. The molecule has 15 heavy (non-hydrogen) atoms. The fourth-order valence-electron chi connectivity index (χ4n) is 3.06. The number of nitrogens with one attached hydrogen (secondary N) is 1. The summed E-state index contributed by atoms with van der Waals surface area (Å²) in [6, 6.07) is 1.52. The van der Waals surface area contributed by atoms with Crippen LogP contribution in [-0.4, -0.2) is 12.1 Å². The summed E-state index contributed by atoms with van der Waals surface area (Å²) in [5.41, 5.74) is 0. The van der Waals surface area contributed by atoms with Crippen LogP contribution in [0.5, 0.6) is 0 Å². The van der Waals surface area contributed by atoms with Gasteiger partial charge in [-0.2, -0.15) is 0 Å². The standard InChI is InChI=1S/C14H25N/c1-3-4-5-7-11(2)15-14-10-12-8-6-9-13(12)14/h6,9,11-15H,3-5,7-8,10H2,1-2H3. The first kappa shape index (κ1) is 11.2. The minimum atomic E-state index is 0.719. The molecule has 0 aromatic rings. The molecule has 86 valence electrons. The molecule has 2 aliphatic rings. The van der Waals surface area contributed by atoms with Crippen molar-refractivity contribution in [3.05, 3.63) is 12.2 Å². The lowest BCUT2D eigenvalue weighted by Gasteiger charge is -2.42. The molecule has 1 nitrogen and oxygen atoms in total. The zero-order chi connectivity index (χ0) is 10.7. The highest BCUT2D eigenvalue weighted by Gasteiger charge is 2.40. The zero-order valence-corrected chi connectivity index (χ0v) is 10.2. The number of allylic oxidation sites excluding steroid dienone is 1. The van der Waals surface area contributed by atoms with Crippen LogP contribution in [0.4, 0.5) is 0 Å².